The molecule has 0 aliphatic heterocycles. The topological polar surface area (TPSA) is 81.4 Å². The minimum Gasteiger partial charge on any atom is -0.466 e. The van der Waals surface area contributed by atoms with Crippen LogP contribution < -0.4 is 11.1 Å². The quantitative estimate of drug-likeness (QED) is 0.518. The maximum absolute atomic E-state index is 11.9. The molecular formula is C14H28N2O3. The molecule has 112 valence electrons. The maximum Gasteiger partial charge on any atom is 0.305 e. The number of carbonyl (C=O) groups excluding carboxylic acids is 2. The molecule has 5 heteroatoms. The maximum atomic E-state index is 11.9. The zero-order chi connectivity index (χ0) is 14.9. The number of ether oxygens (including phenoxy) is 1. The van der Waals surface area contributed by atoms with Crippen LogP contribution in [0.15, 0.2) is 0 Å². The minimum absolute atomic E-state index is 0.0266. The van der Waals surface area contributed by atoms with Crippen molar-refractivity contribution in [3.8, 4) is 0 Å². The van der Waals surface area contributed by atoms with Crippen LogP contribution in [-0.4, -0.2) is 31.6 Å². The summed E-state index contributed by atoms with van der Waals surface area (Å²) in [6, 6.07) is 0. The van der Waals surface area contributed by atoms with E-state index in [4.69, 9.17) is 10.5 Å². The smallest absolute Gasteiger partial charge is 0.305 e. The van der Waals surface area contributed by atoms with Crippen molar-refractivity contribution in [1.82, 2.24) is 5.32 Å². The van der Waals surface area contributed by atoms with E-state index in [0.29, 0.717) is 32.5 Å². The molecule has 0 spiro atoms. The van der Waals surface area contributed by atoms with Crippen molar-refractivity contribution in [3.63, 3.8) is 0 Å². The fraction of sp³-hybridized carbons (Fsp3) is 0.857. The molecule has 0 saturated heterocycles. The molecule has 1 atom stereocenters. The van der Waals surface area contributed by atoms with Crippen molar-refractivity contribution in [1.29, 1.82) is 0 Å². The summed E-state index contributed by atoms with van der Waals surface area (Å²) in [5, 5.41) is 2.83. The molecule has 0 aliphatic rings. The zero-order valence-corrected chi connectivity index (χ0v) is 12.6. The highest BCUT2D eigenvalue weighted by Gasteiger charge is 2.23. The van der Waals surface area contributed by atoms with Crippen LogP contribution in [0.5, 0.6) is 0 Å². The molecule has 0 radical (unpaired) electrons. The van der Waals surface area contributed by atoms with Gasteiger partial charge < -0.3 is 15.8 Å². The third-order valence-electron chi connectivity index (χ3n) is 2.68. The third-order valence-corrected chi connectivity index (χ3v) is 2.68. The molecule has 0 aliphatic carbocycles. The molecule has 0 fully saturated rings. The van der Waals surface area contributed by atoms with Crippen molar-refractivity contribution in [2.75, 3.05) is 19.7 Å². The number of rotatable bonds is 8. The standard InChI is InChI=1S/C14H28N2O3/c1-5-19-12(17)7-6-8-16-13(18)11(10-15)9-14(2,3)4/h11H,5-10,15H2,1-4H3,(H,16,18). The zero-order valence-electron chi connectivity index (χ0n) is 12.6. The van der Waals surface area contributed by atoms with Gasteiger partial charge in [0.05, 0.1) is 12.5 Å². The Labute approximate surface area is 116 Å². The molecule has 0 heterocycles. The predicted molar refractivity (Wildman–Crippen MR) is 75.5 cm³/mol. The normalized spacial score (nSPS) is 12.9. The van der Waals surface area contributed by atoms with Gasteiger partial charge in [0, 0.05) is 19.5 Å². The first-order chi connectivity index (χ1) is 8.80. The van der Waals surface area contributed by atoms with Crippen LogP contribution in [0.4, 0.5) is 0 Å². The summed E-state index contributed by atoms with van der Waals surface area (Å²) in [6.07, 6.45) is 1.69. The number of amides is 1. The average molecular weight is 272 g/mol. The van der Waals surface area contributed by atoms with E-state index in [1.807, 2.05) is 0 Å². The summed E-state index contributed by atoms with van der Waals surface area (Å²) in [5.41, 5.74) is 5.71. The Morgan fingerprint density at radius 3 is 2.42 bits per heavy atom. The summed E-state index contributed by atoms with van der Waals surface area (Å²) in [5.74, 6) is -0.411. The van der Waals surface area contributed by atoms with Gasteiger partial charge in [-0.05, 0) is 25.2 Å². The molecule has 0 saturated carbocycles. The molecule has 1 unspecified atom stereocenters. The van der Waals surface area contributed by atoms with Crippen molar-refractivity contribution in [2.45, 2.75) is 47.0 Å². The number of carbonyl (C=O) groups is 2. The van der Waals surface area contributed by atoms with Gasteiger partial charge in [-0.1, -0.05) is 20.8 Å². The molecule has 5 nitrogen and oxygen atoms in total. The fourth-order valence-electron chi connectivity index (χ4n) is 1.84. The SMILES string of the molecule is CCOC(=O)CCCNC(=O)C(CN)CC(C)(C)C. The lowest BCUT2D eigenvalue weighted by atomic mass is 9.84. The van der Waals surface area contributed by atoms with Gasteiger partial charge in [-0.2, -0.15) is 0 Å². The van der Waals surface area contributed by atoms with Crippen molar-refractivity contribution in [2.24, 2.45) is 17.1 Å². The average Bonchev–Trinajstić information content (AvgIpc) is 2.30. The summed E-state index contributed by atoms with van der Waals surface area (Å²) in [4.78, 5) is 23.0. The largest absolute Gasteiger partial charge is 0.466 e. The van der Waals surface area contributed by atoms with Gasteiger partial charge >= 0.3 is 5.97 Å². The lowest BCUT2D eigenvalue weighted by molar-refractivity contribution is -0.143. The molecular weight excluding hydrogens is 244 g/mol. The third kappa shape index (κ3) is 9.47. The van der Waals surface area contributed by atoms with Gasteiger partial charge in [-0.15, -0.1) is 0 Å². The Bertz CT molecular complexity index is 285. The fourth-order valence-corrected chi connectivity index (χ4v) is 1.84. The van der Waals surface area contributed by atoms with Crippen LogP contribution in [-0.2, 0) is 14.3 Å². The molecule has 3 N–H and O–H groups in total. The summed E-state index contributed by atoms with van der Waals surface area (Å²) >= 11 is 0. The predicted octanol–water partition coefficient (Wildman–Crippen LogP) is 1.46. The van der Waals surface area contributed by atoms with E-state index in [1.165, 1.54) is 0 Å². The Hall–Kier alpha value is -1.10. The lowest BCUT2D eigenvalue weighted by Gasteiger charge is -2.24. The highest BCUT2D eigenvalue weighted by molar-refractivity contribution is 5.79. The van der Waals surface area contributed by atoms with Crippen LogP contribution in [0.3, 0.4) is 0 Å². The first-order valence-electron chi connectivity index (χ1n) is 6.93. The molecule has 0 bridgehead atoms. The summed E-state index contributed by atoms with van der Waals surface area (Å²) < 4.78 is 4.81. The van der Waals surface area contributed by atoms with E-state index < -0.39 is 0 Å². The van der Waals surface area contributed by atoms with Crippen LogP contribution in [0.1, 0.15) is 47.0 Å². The Morgan fingerprint density at radius 1 is 1.32 bits per heavy atom. The highest BCUT2D eigenvalue weighted by atomic mass is 16.5. The van der Waals surface area contributed by atoms with Gasteiger partial charge in [-0.3, -0.25) is 9.59 Å². The van der Waals surface area contributed by atoms with E-state index in [9.17, 15) is 9.59 Å². The van der Waals surface area contributed by atoms with Gasteiger partial charge in [0.1, 0.15) is 0 Å². The number of hydrogen-bond acceptors (Lipinski definition) is 4. The van der Waals surface area contributed by atoms with Crippen molar-refractivity contribution in [3.05, 3.63) is 0 Å². The van der Waals surface area contributed by atoms with E-state index in [2.05, 4.69) is 26.1 Å². The Morgan fingerprint density at radius 2 is 1.95 bits per heavy atom. The monoisotopic (exact) mass is 272 g/mol. The Balaban J connectivity index is 3.92. The van der Waals surface area contributed by atoms with Gasteiger partial charge in [0.15, 0.2) is 0 Å². The van der Waals surface area contributed by atoms with E-state index in [1.54, 1.807) is 6.92 Å². The van der Waals surface area contributed by atoms with E-state index in [0.717, 1.165) is 6.42 Å². The first kappa shape index (κ1) is 17.9. The van der Waals surface area contributed by atoms with Gasteiger partial charge in [0.2, 0.25) is 5.91 Å². The van der Waals surface area contributed by atoms with Crippen LogP contribution in [0.2, 0.25) is 0 Å². The minimum atomic E-state index is -0.221. The molecule has 19 heavy (non-hydrogen) atoms. The van der Waals surface area contributed by atoms with Gasteiger partial charge in [0.25, 0.3) is 0 Å². The van der Waals surface area contributed by atoms with E-state index >= 15 is 0 Å². The van der Waals surface area contributed by atoms with E-state index in [-0.39, 0.29) is 23.2 Å². The van der Waals surface area contributed by atoms with Gasteiger partial charge in [-0.25, -0.2) is 0 Å². The number of esters is 1. The molecule has 0 aromatic heterocycles. The first-order valence-corrected chi connectivity index (χ1v) is 6.93. The lowest BCUT2D eigenvalue weighted by Crippen LogP contribution is -2.37. The molecule has 0 aromatic rings. The van der Waals surface area contributed by atoms with Crippen molar-refractivity contribution < 1.29 is 14.3 Å². The molecule has 0 rings (SSSR count). The van der Waals surface area contributed by atoms with Crippen LogP contribution in [0, 0.1) is 11.3 Å². The number of nitrogens with one attached hydrogen (secondary N) is 1. The second-order valence-corrected chi connectivity index (χ2v) is 5.90. The Kier molecular flexibility index (Phi) is 8.39. The van der Waals surface area contributed by atoms with Crippen LogP contribution in [0.25, 0.3) is 0 Å². The van der Waals surface area contributed by atoms with Crippen molar-refractivity contribution >= 4 is 11.9 Å². The molecule has 1 amide bonds. The molecule has 0 aromatic carbocycles. The second-order valence-electron chi connectivity index (χ2n) is 5.90. The summed E-state index contributed by atoms with van der Waals surface area (Å²) in [6.45, 7) is 9.26. The number of hydrogen-bond donors (Lipinski definition) is 2. The van der Waals surface area contributed by atoms with Crippen LogP contribution >= 0.6 is 0 Å². The summed E-state index contributed by atoms with van der Waals surface area (Å²) in [7, 11) is 0. The number of nitrogens with two attached hydrogens (primary N) is 1. The second kappa shape index (κ2) is 8.91. The highest BCUT2D eigenvalue weighted by Crippen LogP contribution is 2.23.